The summed E-state index contributed by atoms with van der Waals surface area (Å²) in [5.74, 6) is 6.31. The van der Waals surface area contributed by atoms with Gasteiger partial charge in [0.25, 0.3) is 0 Å². The minimum atomic E-state index is -0.148. The molecule has 1 aromatic carbocycles. The Morgan fingerprint density at radius 3 is 2.47 bits per heavy atom. The molecule has 108 valence electrons. The number of rotatable bonds is 6. The summed E-state index contributed by atoms with van der Waals surface area (Å²) in [5.41, 5.74) is 5.23. The van der Waals surface area contributed by atoms with Crippen molar-refractivity contribution in [3.63, 3.8) is 0 Å². The maximum absolute atomic E-state index is 5.82. The van der Waals surface area contributed by atoms with E-state index in [1.807, 2.05) is 0 Å². The van der Waals surface area contributed by atoms with Crippen molar-refractivity contribution in [3.8, 4) is 0 Å². The predicted molar refractivity (Wildman–Crippen MR) is 80.8 cm³/mol. The SMILES string of the molecule is CC(C)Cc1cccc(C(COC(C)(C)C)NN)c1. The van der Waals surface area contributed by atoms with Crippen LogP contribution in [0.1, 0.15) is 51.8 Å². The molecule has 0 aliphatic heterocycles. The van der Waals surface area contributed by atoms with Crippen LogP contribution in [-0.4, -0.2) is 12.2 Å². The van der Waals surface area contributed by atoms with Crippen molar-refractivity contribution in [2.75, 3.05) is 6.61 Å². The highest BCUT2D eigenvalue weighted by Crippen LogP contribution is 2.19. The van der Waals surface area contributed by atoms with Gasteiger partial charge in [-0.2, -0.15) is 0 Å². The summed E-state index contributed by atoms with van der Waals surface area (Å²) in [4.78, 5) is 0. The first-order valence-corrected chi connectivity index (χ1v) is 7.00. The smallest absolute Gasteiger partial charge is 0.0694 e. The third kappa shape index (κ3) is 6.19. The van der Waals surface area contributed by atoms with Gasteiger partial charge in [-0.3, -0.25) is 11.3 Å². The summed E-state index contributed by atoms with van der Waals surface area (Å²) in [6, 6.07) is 8.61. The van der Waals surface area contributed by atoms with Crippen molar-refractivity contribution in [2.24, 2.45) is 11.8 Å². The van der Waals surface area contributed by atoms with Crippen LogP contribution < -0.4 is 11.3 Å². The van der Waals surface area contributed by atoms with Crippen LogP contribution in [0.25, 0.3) is 0 Å². The van der Waals surface area contributed by atoms with Gasteiger partial charge in [-0.05, 0) is 44.2 Å². The van der Waals surface area contributed by atoms with Gasteiger partial charge in [0.1, 0.15) is 0 Å². The van der Waals surface area contributed by atoms with Gasteiger partial charge in [0.15, 0.2) is 0 Å². The van der Waals surface area contributed by atoms with E-state index in [-0.39, 0.29) is 11.6 Å². The van der Waals surface area contributed by atoms with E-state index in [9.17, 15) is 0 Å². The topological polar surface area (TPSA) is 47.3 Å². The van der Waals surface area contributed by atoms with Crippen molar-refractivity contribution in [1.82, 2.24) is 5.43 Å². The molecule has 1 unspecified atom stereocenters. The Morgan fingerprint density at radius 2 is 1.95 bits per heavy atom. The lowest BCUT2D eigenvalue weighted by Crippen LogP contribution is -2.34. The molecule has 0 amide bonds. The number of benzene rings is 1. The molecule has 1 rings (SSSR count). The van der Waals surface area contributed by atoms with Crippen LogP contribution in [0.3, 0.4) is 0 Å². The fraction of sp³-hybridized carbons (Fsp3) is 0.625. The van der Waals surface area contributed by atoms with E-state index in [0.717, 1.165) is 6.42 Å². The van der Waals surface area contributed by atoms with Gasteiger partial charge in [-0.15, -0.1) is 0 Å². The molecule has 0 heterocycles. The van der Waals surface area contributed by atoms with E-state index >= 15 is 0 Å². The first kappa shape index (κ1) is 16.2. The maximum atomic E-state index is 5.82. The zero-order valence-corrected chi connectivity index (χ0v) is 12.9. The van der Waals surface area contributed by atoms with Crippen LogP contribution >= 0.6 is 0 Å². The van der Waals surface area contributed by atoms with Crippen LogP contribution in [-0.2, 0) is 11.2 Å². The molecule has 0 radical (unpaired) electrons. The van der Waals surface area contributed by atoms with Crippen LogP contribution in [0.4, 0.5) is 0 Å². The molecule has 1 aromatic rings. The standard InChI is InChI=1S/C16H28N2O/c1-12(2)9-13-7-6-8-14(10-13)15(18-17)11-19-16(3,4)5/h6-8,10,12,15,18H,9,11,17H2,1-5H3. The first-order chi connectivity index (χ1) is 8.81. The van der Waals surface area contributed by atoms with E-state index < -0.39 is 0 Å². The second-order valence-electron chi connectivity index (χ2n) is 6.49. The highest BCUT2D eigenvalue weighted by Gasteiger charge is 2.16. The molecule has 0 bridgehead atoms. The van der Waals surface area contributed by atoms with Crippen molar-refractivity contribution >= 4 is 0 Å². The largest absolute Gasteiger partial charge is 0.374 e. The fourth-order valence-corrected chi connectivity index (χ4v) is 1.98. The normalized spacial score (nSPS) is 13.8. The molecular formula is C16H28N2O. The molecule has 0 saturated heterocycles. The molecule has 0 aliphatic rings. The highest BCUT2D eigenvalue weighted by atomic mass is 16.5. The minimum absolute atomic E-state index is 0.0336. The third-order valence-corrected chi connectivity index (χ3v) is 2.88. The molecule has 3 nitrogen and oxygen atoms in total. The molecular weight excluding hydrogens is 236 g/mol. The molecule has 1 atom stereocenters. The van der Waals surface area contributed by atoms with Gasteiger partial charge in [0.05, 0.1) is 18.2 Å². The zero-order valence-electron chi connectivity index (χ0n) is 12.9. The second-order valence-corrected chi connectivity index (χ2v) is 6.49. The highest BCUT2D eigenvalue weighted by molar-refractivity contribution is 5.26. The number of nitrogens with one attached hydrogen (secondary N) is 1. The van der Waals surface area contributed by atoms with Gasteiger partial charge in [0.2, 0.25) is 0 Å². The molecule has 19 heavy (non-hydrogen) atoms. The van der Waals surface area contributed by atoms with E-state index in [1.54, 1.807) is 0 Å². The Bertz CT molecular complexity index is 383. The molecule has 0 spiro atoms. The Labute approximate surface area is 117 Å². The zero-order chi connectivity index (χ0) is 14.5. The Hall–Kier alpha value is -0.900. The number of hydrogen-bond acceptors (Lipinski definition) is 3. The quantitative estimate of drug-likeness (QED) is 0.612. The Kier molecular flexibility index (Phi) is 5.98. The number of ether oxygens (including phenoxy) is 1. The fourth-order valence-electron chi connectivity index (χ4n) is 1.98. The molecule has 0 aliphatic carbocycles. The lowest BCUT2D eigenvalue weighted by Gasteiger charge is -2.24. The molecule has 0 fully saturated rings. The maximum Gasteiger partial charge on any atom is 0.0694 e. The van der Waals surface area contributed by atoms with Crippen LogP contribution in [0.15, 0.2) is 24.3 Å². The minimum Gasteiger partial charge on any atom is -0.374 e. The average molecular weight is 264 g/mol. The van der Waals surface area contributed by atoms with Crippen molar-refractivity contribution in [1.29, 1.82) is 0 Å². The van der Waals surface area contributed by atoms with E-state index in [4.69, 9.17) is 10.6 Å². The number of hydrogen-bond donors (Lipinski definition) is 2. The Balaban J connectivity index is 2.75. The van der Waals surface area contributed by atoms with Crippen LogP contribution in [0, 0.1) is 5.92 Å². The van der Waals surface area contributed by atoms with E-state index in [0.29, 0.717) is 12.5 Å². The summed E-state index contributed by atoms with van der Waals surface area (Å²) in [6.45, 7) is 11.2. The summed E-state index contributed by atoms with van der Waals surface area (Å²) < 4.78 is 5.82. The van der Waals surface area contributed by atoms with Gasteiger partial charge in [-0.1, -0.05) is 38.1 Å². The summed E-state index contributed by atoms with van der Waals surface area (Å²) in [6.07, 6.45) is 1.09. The van der Waals surface area contributed by atoms with Gasteiger partial charge in [-0.25, -0.2) is 0 Å². The summed E-state index contributed by atoms with van der Waals surface area (Å²) >= 11 is 0. The summed E-state index contributed by atoms with van der Waals surface area (Å²) in [7, 11) is 0. The van der Waals surface area contributed by atoms with Crippen molar-refractivity contribution in [2.45, 2.75) is 52.7 Å². The molecule has 0 aromatic heterocycles. The number of hydrazine groups is 1. The van der Waals surface area contributed by atoms with Crippen LogP contribution in [0.2, 0.25) is 0 Å². The lowest BCUT2D eigenvalue weighted by molar-refractivity contribution is -0.0148. The average Bonchev–Trinajstić information content (AvgIpc) is 2.28. The van der Waals surface area contributed by atoms with Gasteiger partial charge < -0.3 is 4.74 Å². The first-order valence-electron chi connectivity index (χ1n) is 7.00. The third-order valence-electron chi connectivity index (χ3n) is 2.88. The van der Waals surface area contributed by atoms with E-state index in [1.165, 1.54) is 11.1 Å². The van der Waals surface area contributed by atoms with Crippen molar-refractivity contribution in [3.05, 3.63) is 35.4 Å². The van der Waals surface area contributed by atoms with Crippen molar-refractivity contribution < 1.29 is 4.74 Å². The number of nitrogens with two attached hydrogens (primary N) is 1. The molecule has 3 heteroatoms. The van der Waals surface area contributed by atoms with Gasteiger partial charge >= 0.3 is 0 Å². The predicted octanol–water partition coefficient (Wildman–Crippen LogP) is 3.20. The monoisotopic (exact) mass is 264 g/mol. The second kappa shape index (κ2) is 7.04. The van der Waals surface area contributed by atoms with Gasteiger partial charge in [0, 0.05) is 0 Å². The lowest BCUT2D eigenvalue weighted by atomic mass is 9.98. The molecule has 0 saturated carbocycles. The molecule has 3 N–H and O–H groups in total. The van der Waals surface area contributed by atoms with E-state index in [2.05, 4.69) is 64.3 Å². The van der Waals surface area contributed by atoms with Crippen LogP contribution in [0.5, 0.6) is 0 Å². The Morgan fingerprint density at radius 1 is 1.26 bits per heavy atom. The summed E-state index contributed by atoms with van der Waals surface area (Å²) in [5, 5.41) is 0.